The maximum atomic E-state index is 3.83. The van der Waals surface area contributed by atoms with E-state index in [9.17, 15) is 0 Å². The maximum absolute atomic E-state index is 3.83. The summed E-state index contributed by atoms with van der Waals surface area (Å²) in [4.78, 5) is 0. The van der Waals surface area contributed by atoms with Crippen LogP contribution in [0.15, 0.2) is 37.0 Å². The molecule has 1 atom stereocenters. The van der Waals surface area contributed by atoms with Gasteiger partial charge in [0.2, 0.25) is 0 Å². The first-order valence-electron chi connectivity index (χ1n) is 4.96. The highest BCUT2D eigenvalue weighted by atomic mass is 14.3. The first-order valence-corrected chi connectivity index (χ1v) is 4.96. The largest absolute Gasteiger partial charge is 0.106 e. The first kappa shape index (κ1) is 12.2. The molecule has 0 N–H and O–H groups in total. The number of hydrogen-bond acceptors (Lipinski definition) is 0. The molecule has 0 heterocycles. The van der Waals surface area contributed by atoms with Crippen LogP contribution in [0, 0.1) is 11.8 Å². The van der Waals surface area contributed by atoms with E-state index in [1.165, 1.54) is 18.4 Å². The predicted molar refractivity (Wildman–Crippen MR) is 61.7 cm³/mol. The topological polar surface area (TPSA) is 0 Å². The van der Waals surface area contributed by atoms with E-state index in [0.717, 1.165) is 11.8 Å². The lowest BCUT2D eigenvalue weighted by atomic mass is 9.92. The van der Waals surface area contributed by atoms with Crippen molar-refractivity contribution in [1.82, 2.24) is 0 Å². The van der Waals surface area contributed by atoms with Crippen LogP contribution in [0.1, 0.15) is 33.6 Å². The Morgan fingerprint density at radius 2 is 1.85 bits per heavy atom. The van der Waals surface area contributed by atoms with Crippen molar-refractivity contribution in [3.63, 3.8) is 0 Å². The van der Waals surface area contributed by atoms with Gasteiger partial charge in [-0.15, -0.1) is 13.2 Å². The molecule has 0 bridgehead atoms. The Labute approximate surface area is 83.0 Å². The molecule has 13 heavy (non-hydrogen) atoms. The van der Waals surface area contributed by atoms with Crippen LogP contribution in [0.5, 0.6) is 0 Å². The lowest BCUT2D eigenvalue weighted by Gasteiger charge is -2.13. The van der Waals surface area contributed by atoms with Gasteiger partial charge in [0.15, 0.2) is 0 Å². The summed E-state index contributed by atoms with van der Waals surface area (Å²) in [5.74, 6) is 1.70. The van der Waals surface area contributed by atoms with Gasteiger partial charge in [-0.05, 0) is 37.2 Å². The highest BCUT2D eigenvalue weighted by molar-refractivity contribution is 5.28. The molecule has 0 aliphatic heterocycles. The van der Waals surface area contributed by atoms with E-state index in [-0.39, 0.29) is 0 Å². The molecule has 0 aromatic carbocycles. The molecule has 0 radical (unpaired) electrons. The van der Waals surface area contributed by atoms with Crippen molar-refractivity contribution in [2.45, 2.75) is 33.6 Å². The lowest BCUT2D eigenvalue weighted by molar-refractivity contribution is 0.402. The van der Waals surface area contributed by atoms with Gasteiger partial charge in [0.05, 0.1) is 0 Å². The number of rotatable bonds is 2. The fraction of sp³-hybridized carbons (Fsp3) is 0.538. The zero-order valence-corrected chi connectivity index (χ0v) is 9.27. The second-order valence-corrected chi connectivity index (χ2v) is 3.92. The first-order chi connectivity index (χ1) is 6.15. The van der Waals surface area contributed by atoms with E-state index in [0.29, 0.717) is 0 Å². The summed E-state index contributed by atoms with van der Waals surface area (Å²) in [5, 5.41) is 0. The van der Waals surface area contributed by atoms with Crippen LogP contribution in [0.2, 0.25) is 0 Å². The summed E-state index contributed by atoms with van der Waals surface area (Å²) in [7, 11) is 0. The lowest BCUT2D eigenvalue weighted by Crippen LogP contribution is -2.03. The van der Waals surface area contributed by atoms with E-state index in [1.54, 1.807) is 5.57 Å². The van der Waals surface area contributed by atoms with Crippen molar-refractivity contribution in [2.75, 3.05) is 0 Å². The second-order valence-electron chi connectivity index (χ2n) is 3.92. The average molecular weight is 178 g/mol. The molecule has 0 spiro atoms. The van der Waals surface area contributed by atoms with Crippen molar-refractivity contribution >= 4 is 0 Å². The zero-order chi connectivity index (χ0) is 10.4. The van der Waals surface area contributed by atoms with Crippen LogP contribution in [0.25, 0.3) is 0 Å². The predicted octanol–water partition coefficient (Wildman–Crippen LogP) is 4.36. The van der Waals surface area contributed by atoms with Crippen LogP contribution < -0.4 is 0 Å². The molecular formula is C13H22. The molecule has 1 rings (SSSR count). The minimum absolute atomic E-state index is 0.822. The van der Waals surface area contributed by atoms with Gasteiger partial charge in [-0.1, -0.05) is 32.1 Å². The fourth-order valence-electron chi connectivity index (χ4n) is 1.78. The van der Waals surface area contributed by atoms with E-state index in [2.05, 4.69) is 40.5 Å². The number of hydrogen-bond donors (Lipinski definition) is 0. The molecule has 0 aromatic rings. The van der Waals surface area contributed by atoms with Crippen molar-refractivity contribution in [3.8, 4) is 0 Å². The van der Waals surface area contributed by atoms with E-state index in [4.69, 9.17) is 0 Å². The van der Waals surface area contributed by atoms with Gasteiger partial charge in [-0.25, -0.2) is 0 Å². The fourth-order valence-corrected chi connectivity index (χ4v) is 1.78. The minimum Gasteiger partial charge on any atom is -0.106 e. The van der Waals surface area contributed by atoms with Gasteiger partial charge in [-0.3, -0.25) is 0 Å². The summed E-state index contributed by atoms with van der Waals surface area (Å²) >= 11 is 0. The third-order valence-electron chi connectivity index (χ3n) is 2.79. The Balaban J connectivity index is 0.000000671. The van der Waals surface area contributed by atoms with Gasteiger partial charge >= 0.3 is 0 Å². The molecular weight excluding hydrogens is 156 g/mol. The maximum Gasteiger partial charge on any atom is -0.0246 e. The van der Waals surface area contributed by atoms with Gasteiger partial charge in [0.1, 0.15) is 0 Å². The highest BCUT2D eigenvalue weighted by Crippen LogP contribution is 2.35. The molecule has 0 fully saturated rings. The summed E-state index contributed by atoms with van der Waals surface area (Å²) in [6, 6.07) is 0. The summed E-state index contributed by atoms with van der Waals surface area (Å²) < 4.78 is 0. The standard InChI is InChI=1S/C11H18.C2H4/c1-5-10-7-11(8(2)3)6-9(10)4;1-2/h5,8,11H,1,6-7H2,2-4H3;1-2H2. The Kier molecular flexibility index (Phi) is 5.45. The normalized spacial score (nSPS) is 21.4. The van der Waals surface area contributed by atoms with Crippen LogP contribution >= 0.6 is 0 Å². The van der Waals surface area contributed by atoms with E-state index < -0.39 is 0 Å². The smallest absolute Gasteiger partial charge is 0.0246 e. The van der Waals surface area contributed by atoms with Crippen molar-refractivity contribution in [1.29, 1.82) is 0 Å². The Morgan fingerprint density at radius 3 is 2.08 bits per heavy atom. The van der Waals surface area contributed by atoms with Gasteiger partial charge < -0.3 is 0 Å². The van der Waals surface area contributed by atoms with Crippen LogP contribution in [0.3, 0.4) is 0 Å². The minimum atomic E-state index is 0.822. The molecule has 0 nitrogen and oxygen atoms in total. The summed E-state index contributed by atoms with van der Waals surface area (Å²) in [6.45, 7) is 16.7. The van der Waals surface area contributed by atoms with Gasteiger partial charge in [0.25, 0.3) is 0 Å². The zero-order valence-electron chi connectivity index (χ0n) is 9.27. The quantitative estimate of drug-likeness (QED) is 0.551. The SMILES string of the molecule is C=C.C=CC1=C(C)CC(C(C)C)C1. The Morgan fingerprint density at radius 1 is 1.31 bits per heavy atom. The third-order valence-corrected chi connectivity index (χ3v) is 2.79. The summed E-state index contributed by atoms with van der Waals surface area (Å²) in [6.07, 6.45) is 4.57. The molecule has 74 valence electrons. The van der Waals surface area contributed by atoms with Crippen molar-refractivity contribution < 1.29 is 0 Å². The van der Waals surface area contributed by atoms with Gasteiger partial charge in [-0.2, -0.15) is 0 Å². The Hall–Kier alpha value is -0.780. The molecule has 1 aliphatic rings. The molecule has 0 heteroatoms. The molecule has 0 aromatic heterocycles. The highest BCUT2D eigenvalue weighted by Gasteiger charge is 2.21. The monoisotopic (exact) mass is 178 g/mol. The Bertz CT molecular complexity index is 196. The van der Waals surface area contributed by atoms with Crippen molar-refractivity contribution in [3.05, 3.63) is 37.0 Å². The number of allylic oxidation sites excluding steroid dienone is 3. The van der Waals surface area contributed by atoms with E-state index in [1.807, 2.05) is 6.08 Å². The molecule has 0 saturated heterocycles. The summed E-state index contributed by atoms with van der Waals surface area (Å²) in [5.41, 5.74) is 3.04. The molecule has 1 aliphatic carbocycles. The molecule has 0 amide bonds. The van der Waals surface area contributed by atoms with E-state index >= 15 is 0 Å². The third kappa shape index (κ3) is 3.22. The van der Waals surface area contributed by atoms with Crippen LogP contribution in [-0.2, 0) is 0 Å². The van der Waals surface area contributed by atoms with Gasteiger partial charge in [0, 0.05) is 0 Å². The average Bonchev–Trinajstić information content (AvgIpc) is 2.50. The van der Waals surface area contributed by atoms with Crippen LogP contribution in [-0.4, -0.2) is 0 Å². The second kappa shape index (κ2) is 5.80. The molecule has 1 unspecified atom stereocenters. The molecule has 0 saturated carbocycles. The van der Waals surface area contributed by atoms with Crippen LogP contribution in [0.4, 0.5) is 0 Å². The van der Waals surface area contributed by atoms with Crippen molar-refractivity contribution in [2.24, 2.45) is 11.8 Å².